The molecule has 4 bridgehead atoms. The molecule has 1 N–H and O–H groups in total. The van der Waals surface area contributed by atoms with Crippen LogP contribution in [0.15, 0.2) is 30.3 Å². The van der Waals surface area contributed by atoms with E-state index in [1.165, 1.54) is 32.1 Å². The summed E-state index contributed by atoms with van der Waals surface area (Å²) in [5.41, 5.74) is 0.990. The van der Waals surface area contributed by atoms with Crippen LogP contribution in [-0.2, 0) is 4.79 Å². The van der Waals surface area contributed by atoms with Gasteiger partial charge in [-0.3, -0.25) is 4.79 Å². The van der Waals surface area contributed by atoms with E-state index in [0.717, 1.165) is 35.0 Å². The number of methoxy groups -OCH3 is 1. The van der Waals surface area contributed by atoms with E-state index < -0.39 is 0 Å². The largest absolute Gasteiger partial charge is 0.497 e. The summed E-state index contributed by atoms with van der Waals surface area (Å²) in [6.07, 6.45) is 10.3. The minimum absolute atomic E-state index is 0.0466. The van der Waals surface area contributed by atoms with Gasteiger partial charge in [0.25, 0.3) is 0 Å². The molecule has 1 aromatic rings. The van der Waals surface area contributed by atoms with Crippen molar-refractivity contribution in [3.8, 4) is 5.75 Å². The maximum absolute atomic E-state index is 12.3. The highest BCUT2D eigenvalue weighted by atomic mass is 16.5. The van der Waals surface area contributed by atoms with Gasteiger partial charge in [0.1, 0.15) is 5.75 Å². The van der Waals surface area contributed by atoms with Crippen molar-refractivity contribution >= 4 is 12.0 Å². The molecule has 4 aliphatic carbocycles. The van der Waals surface area contributed by atoms with Gasteiger partial charge in [-0.2, -0.15) is 0 Å². The number of nitrogens with one attached hydrogen (secondary N) is 1. The molecule has 5 rings (SSSR count). The molecule has 0 radical (unpaired) electrons. The maximum atomic E-state index is 12.3. The molecule has 3 heteroatoms. The van der Waals surface area contributed by atoms with E-state index >= 15 is 0 Å². The molecule has 4 saturated carbocycles. The Hall–Kier alpha value is -1.77. The predicted octanol–water partition coefficient (Wildman–Crippen LogP) is 3.65. The Kier molecular flexibility index (Phi) is 3.88. The Balaban J connectivity index is 1.39. The first-order valence-electron chi connectivity index (χ1n) is 8.84. The third kappa shape index (κ3) is 3.01. The molecule has 0 aromatic heterocycles. The number of rotatable bonds is 4. The fourth-order valence-electron chi connectivity index (χ4n) is 5.29. The molecule has 0 atom stereocenters. The molecule has 1 amide bonds. The summed E-state index contributed by atoms with van der Waals surface area (Å²) in [5, 5.41) is 3.30. The first-order valence-corrected chi connectivity index (χ1v) is 8.84. The number of hydrogen-bond acceptors (Lipinski definition) is 2. The quantitative estimate of drug-likeness (QED) is 0.862. The predicted molar refractivity (Wildman–Crippen MR) is 91.0 cm³/mol. The van der Waals surface area contributed by atoms with E-state index in [1.54, 1.807) is 13.2 Å². The summed E-state index contributed by atoms with van der Waals surface area (Å²) in [6, 6.07) is 8.17. The zero-order valence-electron chi connectivity index (χ0n) is 13.7. The minimum atomic E-state index is 0.0466. The number of carbonyl (C=O) groups excluding carboxylic acids is 1. The topological polar surface area (TPSA) is 38.3 Å². The number of hydrogen-bond donors (Lipinski definition) is 1. The molecule has 0 unspecified atom stereocenters. The summed E-state index contributed by atoms with van der Waals surface area (Å²) in [6.45, 7) is 0. The van der Waals surface area contributed by atoms with E-state index in [-0.39, 0.29) is 5.91 Å². The summed E-state index contributed by atoms with van der Waals surface area (Å²) in [7, 11) is 1.65. The van der Waals surface area contributed by atoms with Crippen LogP contribution in [0.4, 0.5) is 0 Å². The van der Waals surface area contributed by atoms with Crippen LogP contribution in [0.2, 0.25) is 0 Å². The number of benzene rings is 1. The average molecular weight is 311 g/mol. The van der Waals surface area contributed by atoms with Crippen LogP contribution in [0.5, 0.6) is 5.75 Å². The molecule has 122 valence electrons. The first kappa shape index (κ1) is 14.8. The molecular weight excluding hydrogens is 286 g/mol. The highest BCUT2D eigenvalue weighted by Gasteiger charge is 2.48. The third-order valence-electron chi connectivity index (χ3n) is 6.06. The Morgan fingerprint density at radius 2 is 1.83 bits per heavy atom. The highest BCUT2D eigenvalue weighted by Crippen LogP contribution is 2.53. The van der Waals surface area contributed by atoms with Crippen LogP contribution >= 0.6 is 0 Å². The minimum Gasteiger partial charge on any atom is -0.497 e. The smallest absolute Gasteiger partial charge is 0.244 e. The van der Waals surface area contributed by atoms with Crippen LogP contribution in [0.25, 0.3) is 6.08 Å². The molecule has 0 saturated heterocycles. The van der Waals surface area contributed by atoms with Gasteiger partial charge in [-0.05, 0) is 79.5 Å². The number of carbonyl (C=O) groups is 1. The van der Waals surface area contributed by atoms with Crippen molar-refractivity contribution in [3.05, 3.63) is 35.9 Å². The second-order valence-electron chi connectivity index (χ2n) is 7.58. The van der Waals surface area contributed by atoms with Gasteiger partial charge in [0, 0.05) is 12.1 Å². The molecule has 0 heterocycles. The lowest BCUT2D eigenvalue weighted by molar-refractivity contribution is -0.120. The zero-order valence-corrected chi connectivity index (χ0v) is 13.7. The van der Waals surface area contributed by atoms with Crippen molar-refractivity contribution in [2.45, 2.75) is 38.1 Å². The standard InChI is InChI=1S/C20H25NO2/c1-23-18-4-2-3-13(12-18)5-6-19(22)21-20-16-8-14-7-15(10-16)11-17(20)9-14/h2-6,12,14-17,20H,7-11H2,1H3,(H,21,22)/b6-5+. The lowest BCUT2D eigenvalue weighted by Crippen LogP contribution is -2.55. The van der Waals surface area contributed by atoms with Gasteiger partial charge in [-0.1, -0.05) is 12.1 Å². The van der Waals surface area contributed by atoms with Crippen molar-refractivity contribution < 1.29 is 9.53 Å². The molecule has 1 aromatic carbocycles. The van der Waals surface area contributed by atoms with E-state index in [1.807, 2.05) is 30.3 Å². The van der Waals surface area contributed by atoms with E-state index in [2.05, 4.69) is 5.32 Å². The van der Waals surface area contributed by atoms with Gasteiger partial charge in [-0.25, -0.2) is 0 Å². The lowest BCUT2D eigenvalue weighted by Gasteiger charge is -2.54. The summed E-state index contributed by atoms with van der Waals surface area (Å²) in [5.74, 6) is 4.19. The van der Waals surface area contributed by atoms with Crippen LogP contribution < -0.4 is 10.1 Å². The van der Waals surface area contributed by atoms with E-state index in [4.69, 9.17) is 4.74 Å². The number of amides is 1. The van der Waals surface area contributed by atoms with Gasteiger partial charge in [0.2, 0.25) is 5.91 Å². The first-order chi connectivity index (χ1) is 11.2. The summed E-state index contributed by atoms with van der Waals surface area (Å²) >= 11 is 0. The van der Waals surface area contributed by atoms with Gasteiger partial charge < -0.3 is 10.1 Å². The number of ether oxygens (including phenoxy) is 1. The molecule has 3 nitrogen and oxygen atoms in total. The molecule has 4 aliphatic rings. The average Bonchev–Trinajstić information content (AvgIpc) is 2.56. The van der Waals surface area contributed by atoms with Crippen molar-refractivity contribution in [3.63, 3.8) is 0 Å². The molecular formula is C20H25NO2. The van der Waals surface area contributed by atoms with Crippen LogP contribution in [0.3, 0.4) is 0 Å². The van der Waals surface area contributed by atoms with Crippen LogP contribution in [0, 0.1) is 23.7 Å². The molecule has 0 aliphatic heterocycles. The normalized spacial score (nSPS) is 34.7. The van der Waals surface area contributed by atoms with Crippen LogP contribution in [0.1, 0.15) is 37.7 Å². The van der Waals surface area contributed by atoms with Gasteiger partial charge in [-0.15, -0.1) is 0 Å². The van der Waals surface area contributed by atoms with Gasteiger partial charge in [0.05, 0.1) is 7.11 Å². The van der Waals surface area contributed by atoms with E-state index in [0.29, 0.717) is 6.04 Å². The van der Waals surface area contributed by atoms with Crippen molar-refractivity contribution in [1.29, 1.82) is 0 Å². The highest BCUT2D eigenvalue weighted by molar-refractivity contribution is 5.92. The third-order valence-corrected chi connectivity index (χ3v) is 6.06. The Morgan fingerprint density at radius 1 is 1.13 bits per heavy atom. The fourth-order valence-corrected chi connectivity index (χ4v) is 5.29. The Labute approximate surface area is 138 Å². The molecule has 0 spiro atoms. The maximum Gasteiger partial charge on any atom is 0.244 e. The lowest BCUT2D eigenvalue weighted by atomic mass is 9.54. The Morgan fingerprint density at radius 3 is 2.48 bits per heavy atom. The molecule has 4 fully saturated rings. The molecule has 23 heavy (non-hydrogen) atoms. The van der Waals surface area contributed by atoms with Crippen molar-refractivity contribution in [2.75, 3.05) is 7.11 Å². The van der Waals surface area contributed by atoms with Crippen LogP contribution in [-0.4, -0.2) is 19.1 Å². The summed E-state index contributed by atoms with van der Waals surface area (Å²) in [4.78, 5) is 12.3. The Bertz CT molecular complexity index is 594. The van der Waals surface area contributed by atoms with Crippen molar-refractivity contribution in [2.24, 2.45) is 23.7 Å². The van der Waals surface area contributed by atoms with E-state index in [9.17, 15) is 4.79 Å². The van der Waals surface area contributed by atoms with Gasteiger partial charge in [0.15, 0.2) is 0 Å². The SMILES string of the molecule is COc1cccc(/C=C/C(=O)NC2C3CC4CC(C3)CC2C4)c1. The second-order valence-corrected chi connectivity index (χ2v) is 7.58. The monoisotopic (exact) mass is 311 g/mol. The zero-order chi connectivity index (χ0) is 15.8. The summed E-state index contributed by atoms with van der Waals surface area (Å²) < 4.78 is 5.21. The second kappa shape index (κ2) is 6.03. The fraction of sp³-hybridized carbons (Fsp3) is 0.550. The van der Waals surface area contributed by atoms with Gasteiger partial charge >= 0.3 is 0 Å². The van der Waals surface area contributed by atoms with Crippen molar-refractivity contribution in [1.82, 2.24) is 5.32 Å².